The Labute approximate surface area is 120 Å². The van der Waals surface area contributed by atoms with Crippen LogP contribution in [0.25, 0.3) is 0 Å². The lowest BCUT2D eigenvalue weighted by molar-refractivity contribution is -0.384. The minimum absolute atomic E-state index is 0.00279. The number of rotatable bonds is 3. The molecule has 0 saturated carbocycles. The molecule has 0 amide bonds. The standard InChI is InChI=1S/C10H5ClIN3O3/c11-8-3-7(1-2-9(8)15(16)17)18-10-13-4-6(12)5-14-10/h1-5H. The molecular formula is C10H5ClIN3O3. The molecule has 0 fully saturated rings. The van der Waals surface area contributed by atoms with Crippen molar-refractivity contribution in [3.63, 3.8) is 0 Å². The molecule has 92 valence electrons. The first-order valence-electron chi connectivity index (χ1n) is 4.65. The summed E-state index contributed by atoms with van der Waals surface area (Å²) in [4.78, 5) is 17.9. The first-order chi connectivity index (χ1) is 8.56. The van der Waals surface area contributed by atoms with Crippen LogP contribution in [-0.4, -0.2) is 14.9 Å². The number of benzene rings is 1. The highest BCUT2D eigenvalue weighted by Crippen LogP contribution is 2.29. The summed E-state index contributed by atoms with van der Waals surface area (Å²) < 4.78 is 6.19. The monoisotopic (exact) mass is 377 g/mol. The van der Waals surface area contributed by atoms with E-state index >= 15 is 0 Å². The molecular weight excluding hydrogens is 372 g/mol. The summed E-state index contributed by atoms with van der Waals surface area (Å²) in [6.07, 6.45) is 3.19. The Balaban J connectivity index is 2.22. The third kappa shape index (κ3) is 3.05. The second-order valence-corrected chi connectivity index (χ2v) is 4.81. The predicted octanol–water partition coefficient (Wildman–Crippen LogP) is 3.44. The highest BCUT2D eigenvalue weighted by molar-refractivity contribution is 14.1. The molecule has 0 unspecified atom stereocenters. The van der Waals surface area contributed by atoms with Gasteiger partial charge in [-0.15, -0.1) is 0 Å². The van der Waals surface area contributed by atoms with Gasteiger partial charge in [0.15, 0.2) is 0 Å². The van der Waals surface area contributed by atoms with E-state index in [4.69, 9.17) is 16.3 Å². The van der Waals surface area contributed by atoms with Crippen LogP contribution in [0.15, 0.2) is 30.6 Å². The maximum absolute atomic E-state index is 10.6. The van der Waals surface area contributed by atoms with Gasteiger partial charge in [0.25, 0.3) is 5.69 Å². The summed E-state index contributed by atoms with van der Waals surface area (Å²) in [5.41, 5.74) is -0.174. The van der Waals surface area contributed by atoms with Crippen molar-refractivity contribution in [1.82, 2.24) is 9.97 Å². The second kappa shape index (κ2) is 5.44. The van der Waals surface area contributed by atoms with Gasteiger partial charge in [-0.3, -0.25) is 10.1 Å². The third-order valence-corrected chi connectivity index (χ3v) is 2.78. The van der Waals surface area contributed by atoms with Gasteiger partial charge in [0, 0.05) is 28.1 Å². The molecule has 0 bridgehead atoms. The van der Waals surface area contributed by atoms with E-state index in [-0.39, 0.29) is 16.7 Å². The average Bonchev–Trinajstić information content (AvgIpc) is 2.32. The minimum atomic E-state index is -0.562. The van der Waals surface area contributed by atoms with Crippen LogP contribution in [0.4, 0.5) is 5.69 Å². The first-order valence-corrected chi connectivity index (χ1v) is 6.11. The lowest BCUT2D eigenvalue weighted by atomic mass is 10.3. The van der Waals surface area contributed by atoms with Gasteiger partial charge in [0.2, 0.25) is 0 Å². The molecule has 0 atom stereocenters. The van der Waals surface area contributed by atoms with Crippen molar-refractivity contribution in [3.8, 4) is 11.8 Å². The fourth-order valence-electron chi connectivity index (χ4n) is 1.16. The van der Waals surface area contributed by atoms with Crippen molar-refractivity contribution in [3.05, 3.63) is 49.3 Å². The lowest BCUT2D eigenvalue weighted by Crippen LogP contribution is -1.93. The van der Waals surface area contributed by atoms with Crippen LogP contribution in [0.5, 0.6) is 11.8 Å². The molecule has 6 nitrogen and oxygen atoms in total. The van der Waals surface area contributed by atoms with Gasteiger partial charge in [-0.2, -0.15) is 0 Å². The molecule has 0 saturated heterocycles. The average molecular weight is 378 g/mol. The molecule has 0 aliphatic carbocycles. The summed E-state index contributed by atoms with van der Waals surface area (Å²) in [5, 5.41) is 10.6. The van der Waals surface area contributed by atoms with E-state index in [9.17, 15) is 10.1 Å². The number of nitro groups is 1. The van der Waals surface area contributed by atoms with Crippen LogP contribution < -0.4 is 4.74 Å². The van der Waals surface area contributed by atoms with Gasteiger partial charge < -0.3 is 4.74 Å². The van der Waals surface area contributed by atoms with Gasteiger partial charge in [-0.1, -0.05) is 11.6 Å². The quantitative estimate of drug-likeness (QED) is 0.465. The Bertz CT molecular complexity index is 591. The summed E-state index contributed by atoms with van der Waals surface area (Å²) in [5.74, 6) is 0.340. The Morgan fingerprint density at radius 2 is 2.00 bits per heavy atom. The first kappa shape index (κ1) is 13.0. The van der Waals surface area contributed by atoms with Crippen molar-refractivity contribution in [1.29, 1.82) is 0 Å². The number of nitro benzene ring substituents is 1. The number of aromatic nitrogens is 2. The number of halogens is 2. The van der Waals surface area contributed by atoms with Crippen LogP contribution in [0.2, 0.25) is 5.02 Å². The molecule has 1 aromatic heterocycles. The van der Waals surface area contributed by atoms with Gasteiger partial charge in [-0.05, 0) is 28.7 Å². The Morgan fingerprint density at radius 3 is 2.56 bits per heavy atom. The zero-order chi connectivity index (χ0) is 13.1. The molecule has 2 rings (SSSR count). The van der Waals surface area contributed by atoms with Crippen molar-refractivity contribution >= 4 is 39.9 Å². The molecule has 0 N–H and O–H groups in total. The topological polar surface area (TPSA) is 78.2 Å². The number of ether oxygens (including phenoxy) is 1. The Hall–Kier alpha value is -1.48. The van der Waals surface area contributed by atoms with Gasteiger partial charge >= 0.3 is 6.01 Å². The van der Waals surface area contributed by atoms with E-state index in [2.05, 4.69) is 32.6 Å². The third-order valence-electron chi connectivity index (χ3n) is 1.92. The fourth-order valence-corrected chi connectivity index (χ4v) is 1.68. The maximum Gasteiger partial charge on any atom is 0.321 e. The van der Waals surface area contributed by atoms with Crippen molar-refractivity contribution in [2.24, 2.45) is 0 Å². The zero-order valence-electron chi connectivity index (χ0n) is 8.71. The smallest absolute Gasteiger partial charge is 0.321 e. The summed E-state index contributed by atoms with van der Waals surface area (Å²) >= 11 is 7.82. The SMILES string of the molecule is O=[N+]([O-])c1ccc(Oc2ncc(I)cn2)cc1Cl. The molecule has 1 heterocycles. The van der Waals surface area contributed by atoms with Crippen LogP contribution in [0.1, 0.15) is 0 Å². The number of hydrogen-bond acceptors (Lipinski definition) is 5. The van der Waals surface area contributed by atoms with Crippen LogP contribution >= 0.6 is 34.2 Å². The molecule has 1 aromatic carbocycles. The summed E-state index contributed by atoms with van der Waals surface area (Å²) in [6, 6.07) is 4.21. The minimum Gasteiger partial charge on any atom is -0.424 e. The largest absolute Gasteiger partial charge is 0.424 e. The summed E-state index contributed by atoms with van der Waals surface area (Å²) in [6.45, 7) is 0. The highest BCUT2D eigenvalue weighted by Gasteiger charge is 2.13. The van der Waals surface area contributed by atoms with E-state index in [1.54, 1.807) is 12.4 Å². The number of nitrogens with zero attached hydrogens (tertiary/aromatic N) is 3. The molecule has 0 aliphatic rings. The van der Waals surface area contributed by atoms with Crippen LogP contribution in [0, 0.1) is 13.7 Å². The van der Waals surface area contributed by atoms with E-state index in [1.807, 2.05) is 0 Å². The fraction of sp³-hybridized carbons (Fsp3) is 0. The van der Waals surface area contributed by atoms with E-state index in [0.717, 1.165) is 3.57 Å². The lowest BCUT2D eigenvalue weighted by Gasteiger charge is -2.03. The zero-order valence-corrected chi connectivity index (χ0v) is 11.6. The van der Waals surface area contributed by atoms with Crippen LogP contribution in [-0.2, 0) is 0 Å². The van der Waals surface area contributed by atoms with E-state index in [0.29, 0.717) is 5.75 Å². The maximum atomic E-state index is 10.6. The summed E-state index contributed by atoms with van der Waals surface area (Å²) in [7, 11) is 0. The van der Waals surface area contributed by atoms with Crippen molar-refractivity contribution in [2.45, 2.75) is 0 Å². The van der Waals surface area contributed by atoms with Crippen molar-refractivity contribution in [2.75, 3.05) is 0 Å². The van der Waals surface area contributed by atoms with Gasteiger partial charge in [0.1, 0.15) is 10.8 Å². The molecule has 2 aromatic rings. The normalized spacial score (nSPS) is 10.1. The van der Waals surface area contributed by atoms with Crippen LogP contribution in [0.3, 0.4) is 0 Å². The predicted molar refractivity (Wildman–Crippen MR) is 72.9 cm³/mol. The molecule has 18 heavy (non-hydrogen) atoms. The molecule has 0 aliphatic heterocycles. The van der Waals surface area contributed by atoms with Gasteiger partial charge in [0.05, 0.1) is 4.92 Å². The second-order valence-electron chi connectivity index (χ2n) is 3.16. The highest BCUT2D eigenvalue weighted by atomic mass is 127. The molecule has 0 spiro atoms. The molecule has 0 radical (unpaired) electrons. The number of hydrogen-bond donors (Lipinski definition) is 0. The van der Waals surface area contributed by atoms with Gasteiger partial charge in [-0.25, -0.2) is 9.97 Å². The Kier molecular flexibility index (Phi) is 3.92. The Morgan fingerprint density at radius 1 is 1.33 bits per heavy atom. The molecule has 8 heteroatoms. The van der Waals surface area contributed by atoms with E-state index < -0.39 is 4.92 Å². The van der Waals surface area contributed by atoms with Crippen molar-refractivity contribution < 1.29 is 9.66 Å². The van der Waals surface area contributed by atoms with E-state index in [1.165, 1.54) is 18.2 Å².